The van der Waals surface area contributed by atoms with Gasteiger partial charge >= 0.3 is 0 Å². The summed E-state index contributed by atoms with van der Waals surface area (Å²) in [6.07, 6.45) is 0. The summed E-state index contributed by atoms with van der Waals surface area (Å²) in [5, 5.41) is 14.5. The second kappa shape index (κ2) is 7.02. The maximum absolute atomic E-state index is 13.4. The van der Waals surface area contributed by atoms with Crippen molar-refractivity contribution in [1.29, 1.82) is 0 Å². The Morgan fingerprint density at radius 1 is 1.25 bits per heavy atom. The predicted molar refractivity (Wildman–Crippen MR) is 81.2 cm³/mol. The van der Waals surface area contributed by atoms with Crippen LogP contribution in [-0.2, 0) is 17.9 Å². The number of aromatic nitrogens is 6. The van der Waals surface area contributed by atoms with E-state index in [1.165, 1.54) is 10.7 Å². The van der Waals surface area contributed by atoms with Crippen molar-refractivity contribution in [2.75, 3.05) is 6.61 Å². The summed E-state index contributed by atoms with van der Waals surface area (Å²) in [4.78, 5) is 4.34. The molecule has 0 saturated heterocycles. The van der Waals surface area contributed by atoms with E-state index >= 15 is 0 Å². The summed E-state index contributed by atoms with van der Waals surface area (Å²) in [5.74, 6) is -1.06. The molecular weight excluding hydrogens is 342 g/mol. The Hall–Kier alpha value is -2.39. The van der Waals surface area contributed by atoms with E-state index in [9.17, 15) is 8.78 Å². The SMILES string of the molecule is CCOCc1nc(-c2n[nH]nc2Cl)n(Cc2ccc(F)c(F)c2)n1. The molecule has 3 rings (SSSR count). The third-order valence-corrected chi connectivity index (χ3v) is 3.45. The highest BCUT2D eigenvalue weighted by atomic mass is 35.5. The lowest BCUT2D eigenvalue weighted by molar-refractivity contribution is 0.128. The van der Waals surface area contributed by atoms with Gasteiger partial charge in [0.15, 0.2) is 34.1 Å². The Bertz CT molecular complexity index is 850. The van der Waals surface area contributed by atoms with Crippen molar-refractivity contribution in [3.05, 3.63) is 46.4 Å². The van der Waals surface area contributed by atoms with Gasteiger partial charge in [0.05, 0.1) is 6.54 Å². The molecule has 0 unspecified atom stereocenters. The van der Waals surface area contributed by atoms with Crippen LogP contribution < -0.4 is 0 Å². The first-order valence-electron chi connectivity index (χ1n) is 7.10. The van der Waals surface area contributed by atoms with Gasteiger partial charge in [-0.25, -0.2) is 18.4 Å². The molecule has 2 heterocycles. The molecule has 126 valence electrons. The van der Waals surface area contributed by atoms with Crippen LogP contribution in [0.25, 0.3) is 11.5 Å². The molecule has 7 nitrogen and oxygen atoms in total. The minimum Gasteiger partial charge on any atom is -0.374 e. The Labute approximate surface area is 140 Å². The van der Waals surface area contributed by atoms with E-state index in [0.29, 0.717) is 29.5 Å². The number of rotatable bonds is 6. The molecule has 0 bridgehead atoms. The quantitative estimate of drug-likeness (QED) is 0.735. The Balaban J connectivity index is 1.96. The molecule has 0 aliphatic rings. The van der Waals surface area contributed by atoms with Crippen LogP contribution in [0.5, 0.6) is 0 Å². The van der Waals surface area contributed by atoms with Crippen LogP contribution in [-0.4, -0.2) is 36.8 Å². The lowest BCUT2D eigenvalue weighted by atomic mass is 10.2. The van der Waals surface area contributed by atoms with Crippen LogP contribution in [0.2, 0.25) is 5.15 Å². The van der Waals surface area contributed by atoms with Gasteiger partial charge in [-0.15, -0.1) is 5.10 Å². The van der Waals surface area contributed by atoms with Crippen LogP contribution >= 0.6 is 11.6 Å². The van der Waals surface area contributed by atoms with Crippen molar-refractivity contribution in [3.8, 4) is 11.5 Å². The van der Waals surface area contributed by atoms with Gasteiger partial charge < -0.3 is 4.74 Å². The first kappa shape index (κ1) is 16.5. The molecular formula is C14H13ClF2N6O. The van der Waals surface area contributed by atoms with E-state index in [4.69, 9.17) is 16.3 Å². The maximum atomic E-state index is 13.4. The van der Waals surface area contributed by atoms with Crippen molar-refractivity contribution in [1.82, 2.24) is 30.2 Å². The molecule has 1 N–H and O–H groups in total. The number of hydrogen-bond acceptors (Lipinski definition) is 5. The molecule has 0 radical (unpaired) electrons. The normalized spacial score (nSPS) is 11.2. The number of hydrogen-bond donors (Lipinski definition) is 1. The first-order valence-corrected chi connectivity index (χ1v) is 7.48. The molecule has 0 fully saturated rings. The largest absolute Gasteiger partial charge is 0.374 e. The number of halogens is 3. The minimum absolute atomic E-state index is 0.136. The van der Waals surface area contributed by atoms with Crippen LogP contribution in [0.3, 0.4) is 0 Å². The lowest BCUT2D eigenvalue weighted by Crippen LogP contribution is -2.06. The average molecular weight is 355 g/mol. The fourth-order valence-corrected chi connectivity index (χ4v) is 2.26. The summed E-state index contributed by atoms with van der Waals surface area (Å²) in [6.45, 7) is 2.74. The van der Waals surface area contributed by atoms with Crippen LogP contribution in [0.1, 0.15) is 18.3 Å². The van der Waals surface area contributed by atoms with E-state index in [1.54, 1.807) is 0 Å². The van der Waals surface area contributed by atoms with Gasteiger partial charge in [-0.3, -0.25) is 0 Å². The molecule has 2 aromatic heterocycles. The fourth-order valence-electron chi connectivity index (χ4n) is 2.10. The molecule has 0 atom stereocenters. The molecule has 1 aromatic carbocycles. The summed E-state index contributed by atoms with van der Waals surface area (Å²) >= 11 is 5.98. The molecule has 0 amide bonds. The second-order valence-corrected chi connectivity index (χ2v) is 5.22. The second-order valence-electron chi connectivity index (χ2n) is 4.86. The number of H-pyrrole nitrogens is 1. The monoisotopic (exact) mass is 354 g/mol. The van der Waals surface area contributed by atoms with E-state index in [-0.39, 0.29) is 18.3 Å². The highest BCUT2D eigenvalue weighted by molar-refractivity contribution is 6.31. The average Bonchev–Trinajstić information content (AvgIpc) is 3.15. The Morgan fingerprint density at radius 2 is 2.08 bits per heavy atom. The van der Waals surface area contributed by atoms with Crippen molar-refractivity contribution in [3.63, 3.8) is 0 Å². The maximum Gasteiger partial charge on any atom is 0.182 e. The summed E-state index contributed by atoms with van der Waals surface area (Å²) in [6, 6.07) is 3.63. The summed E-state index contributed by atoms with van der Waals surface area (Å²) in [7, 11) is 0. The standard InChI is InChI=1S/C14H13ClF2N6O/c1-2-24-7-11-18-14(12-13(15)20-22-19-12)23(21-11)6-8-3-4-9(16)10(17)5-8/h3-5H,2,6-7H2,1H3,(H,19,20,22). The molecule has 0 aliphatic heterocycles. The number of benzene rings is 1. The van der Waals surface area contributed by atoms with Crippen molar-refractivity contribution in [2.45, 2.75) is 20.1 Å². The van der Waals surface area contributed by atoms with Crippen LogP contribution in [0, 0.1) is 11.6 Å². The zero-order chi connectivity index (χ0) is 17.1. The molecule has 3 aromatic rings. The number of nitrogens with one attached hydrogen (secondary N) is 1. The fraction of sp³-hybridized carbons (Fsp3) is 0.286. The Kier molecular flexibility index (Phi) is 4.81. The zero-order valence-corrected chi connectivity index (χ0v) is 13.4. The summed E-state index contributed by atoms with van der Waals surface area (Å²) in [5.41, 5.74) is 0.831. The van der Waals surface area contributed by atoms with Gasteiger partial charge in [0, 0.05) is 6.61 Å². The van der Waals surface area contributed by atoms with E-state index < -0.39 is 11.6 Å². The Morgan fingerprint density at radius 3 is 2.75 bits per heavy atom. The number of ether oxygens (including phenoxy) is 1. The zero-order valence-electron chi connectivity index (χ0n) is 12.6. The van der Waals surface area contributed by atoms with E-state index in [2.05, 4.69) is 25.5 Å². The molecule has 0 saturated carbocycles. The van der Waals surface area contributed by atoms with Crippen molar-refractivity contribution < 1.29 is 13.5 Å². The van der Waals surface area contributed by atoms with Gasteiger partial charge in [0.2, 0.25) is 0 Å². The third kappa shape index (κ3) is 3.41. The smallest absolute Gasteiger partial charge is 0.182 e. The van der Waals surface area contributed by atoms with Gasteiger partial charge in [-0.1, -0.05) is 17.7 Å². The van der Waals surface area contributed by atoms with Gasteiger partial charge in [0.1, 0.15) is 6.61 Å². The number of aromatic amines is 1. The molecule has 0 aliphatic carbocycles. The highest BCUT2D eigenvalue weighted by Crippen LogP contribution is 2.23. The van der Waals surface area contributed by atoms with Crippen molar-refractivity contribution in [2.24, 2.45) is 0 Å². The van der Waals surface area contributed by atoms with Gasteiger partial charge in [0.25, 0.3) is 0 Å². The summed E-state index contributed by atoms with van der Waals surface area (Å²) < 4.78 is 33.3. The van der Waals surface area contributed by atoms with E-state index in [0.717, 1.165) is 12.1 Å². The topological polar surface area (TPSA) is 81.5 Å². The lowest BCUT2D eigenvalue weighted by Gasteiger charge is -2.05. The highest BCUT2D eigenvalue weighted by Gasteiger charge is 2.19. The van der Waals surface area contributed by atoms with Crippen LogP contribution in [0.4, 0.5) is 8.78 Å². The number of nitrogens with zero attached hydrogens (tertiary/aromatic N) is 5. The van der Waals surface area contributed by atoms with Gasteiger partial charge in [-0.05, 0) is 24.6 Å². The van der Waals surface area contributed by atoms with Crippen LogP contribution in [0.15, 0.2) is 18.2 Å². The molecule has 0 spiro atoms. The molecule has 24 heavy (non-hydrogen) atoms. The van der Waals surface area contributed by atoms with E-state index in [1.807, 2.05) is 6.92 Å². The predicted octanol–water partition coefficient (Wildman–Crippen LogP) is 2.58. The third-order valence-electron chi connectivity index (χ3n) is 3.18. The molecule has 10 heteroatoms. The minimum atomic E-state index is -0.928. The van der Waals surface area contributed by atoms with Crippen molar-refractivity contribution >= 4 is 11.6 Å². The first-order chi connectivity index (χ1) is 11.6. The van der Waals surface area contributed by atoms with Gasteiger partial charge in [-0.2, -0.15) is 15.4 Å².